The minimum atomic E-state index is -0.563. The SMILES string of the molecule is Cn1ccnc1Sc1cc(C(N)=O)c(N)cn1. The summed E-state index contributed by atoms with van der Waals surface area (Å²) in [6.45, 7) is 0. The van der Waals surface area contributed by atoms with Crippen LogP contribution in [0.15, 0.2) is 34.8 Å². The minimum absolute atomic E-state index is 0.275. The molecule has 0 unspecified atom stereocenters. The van der Waals surface area contributed by atoms with Gasteiger partial charge in [0.2, 0.25) is 0 Å². The van der Waals surface area contributed by atoms with E-state index >= 15 is 0 Å². The highest BCUT2D eigenvalue weighted by Gasteiger charge is 2.10. The summed E-state index contributed by atoms with van der Waals surface area (Å²) >= 11 is 1.34. The largest absolute Gasteiger partial charge is 0.397 e. The lowest BCUT2D eigenvalue weighted by Crippen LogP contribution is -2.13. The average Bonchev–Trinajstić information content (AvgIpc) is 2.67. The Morgan fingerprint density at radius 2 is 2.24 bits per heavy atom. The van der Waals surface area contributed by atoms with Crippen molar-refractivity contribution in [2.24, 2.45) is 12.8 Å². The fourth-order valence-corrected chi connectivity index (χ4v) is 2.05. The maximum atomic E-state index is 11.1. The molecule has 2 heterocycles. The summed E-state index contributed by atoms with van der Waals surface area (Å²) in [5.41, 5.74) is 11.4. The van der Waals surface area contributed by atoms with E-state index in [0.717, 1.165) is 5.16 Å². The normalized spacial score (nSPS) is 10.4. The number of hydrogen-bond acceptors (Lipinski definition) is 5. The van der Waals surface area contributed by atoms with Gasteiger partial charge in [-0.15, -0.1) is 0 Å². The first-order valence-corrected chi connectivity index (χ1v) is 5.60. The molecule has 0 radical (unpaired) electrons. The number of nitrogens with zero attached hydrogens (tertiary/aromatic N) is 3. The molecule has 0 spiro atoms. The number of aromatic nitrogens is 3. The molecular formula is C10H11N5OS. The van der Waals surface area contributed by atoms with Crippen LogP contribution in [0.1, 0.15) is 10.4 Å². The molecule has 0 bridgehead atoms. The number of carbonyl (C=O) groups is 1. The highest BCUT2D eigenvalue weighted by molar-refractivity contribution is 7.99. The Hall–Kier alpha value is -2.02. The van der Waals surface area contributed by atoms with Crippen molar-refractivity contribution in [3.05, 3.63) is 30.2 Å². The number of hydrogen-bond donors (Lipinski definition) is 2. The Labute approximate surface area is 102 Å². The molecule has 4 N–H and O–H groups in total. The van der Waals surface area contributed by atoms with Crippen LogP contribution in [-0.4, -0.2) is 20.4 Å². The Morgan fingerprint density at radius 1 is 1.47 bits per heavy atom. The summed E-state index contributed by atoms with van der Waals surface area (Å²) in [6.07, 6.45) is 4.94. The van der Waals surface area contributed by atoms with Crippen LogP contribution in [0.25, 0.3) is 0 Å². The molecule has 17 heavy (non-hydrogen) atoms. The number of nitrogens with two attached hydrogens (primary N) is 2. The van der Waals surface area contributed by atoms with E-state index < -0.39 is 5.91 Å². The highest BCUT2D eigenvalue weighted by Crippen LogP contribution is 2.25. The van der Waals surface area contributed by atoms with Gasteiger partial charge in [0.15, 0.2) is 5.16 Å². The van der Waals surface area contributed by atoms with Gasteiger partial charge in [0, 0.05) is 19.4 Å². The number of carbonyl (C=O) groups excluding carboxylic acids is 1. The topological polar surface area (TPSA) is 99.8 Å². The molecule has 0 aliphatic carbocycles. The van der Waals surface area contributed by atoms with E-state index in [1.54, 1.807) is 12.3 Å². The van der Waals surface area contributed by atoms with Crippen molar-refractivity contribution in [1.29, 1.82) is 0 Å². The van der Waals surface area contributed by atoms with Crippen LogP contribution < -0.4 is 11.5 Å². The van der Waals surface area contributed by atoms with Crippen molar-refractivity contribution in [3.8, 4) is 0 Å². The smallest absolute Gasteiger partial charge is 0.250 e. The van der Waals surface area contributed by atoms with Crippen molar-refractivity contribution in [2.45, 2.75) is 10.2 Å². The third kappa shape index (κ3) is 2.39. The summed E-state index contributed by atoms with van der Waals surface area (Å²) in [5, 5.41) is 1.40. The molecule has 0 aliphatic heterocycles. The molecule has 2 aromatic rings. The zero-order chi connectivity index (χ0) is 12.4. The van der Waals surface area contributed by atoms with E-state index in [1.807, 2.05) is 17.8 Å². The van der Waals surface area contributed by atoms with E-state index in [4.69, 9.17) is 11.5 Å². The number of rotatable bonds is 3. The summed E-state index contributed by atoms with van der Waals surface area (Å²) in [4.78, 5) is 19.4. The van der Waals surface area contributed by atoms with E-state index in [1.165, 1.54) is 18.0 Å². The van der Waals surface area contributed by atoms with Gasteiger partial charge in [0.1, 0.15) is 5.03 Å². The van der Waals surface area contributed by atoms with Gasteiger partial charge in [-0.3, -0.25) is 4.79 Å². The van der Waals surface area contributed by atoms with Gasteiger partial charge >= 0.3 is 0 Å². The lowest BCUT2D eigenvalue weighted by atomic mass is 10.2. The molecule has 2 aromatic heterocycles. The summed E-state index contributed by atoms with van der Waals surface area (Å²) in [6, 6.07) is 1.57. The molecule has 6 nitrogen and oxygen atoms in total. The first-order valence-electron chi connectivity index (χ1n) is 4.78. The molecule has 0 saturated heterocycles. The number of anilines is 1. The number of pyridine rings is 1. The summed E-state index contributed by atoms with van der Waals surface area (Å²) in [5.74, 6) is -0.563. The molecule has 0 fully saturated rings. The van der Waals surface area contributed by atoms with Crippen molar-refractivity contribution < 1.29 is 4.79 Å². The molecular weight excluding hydrogens is 238 g/mol. The first kappa shape index (κ1) is 11.5. The maximum Gasteiger partial charge on any atom is 0.250 e. The fraction of sp³-hybridized carbons (Fsp3) is 0.100. The Morgan fingerprint density at radius 3 is 2.82 bits per heavy atom. The van der Waals surface area contributed by atoms with Gasteiger partial charge in [0.05, 0.1) is 17.4 Å². The molecule has 7 heteroatoms. The molecule has 88 valence electrons. The monoisotopic (exact) mass is 249 g/mol. The van der Waals surface area contributed by atoms with Gasteiger partial charge in [-0.25, -0.2) is 9.97 Å². The van der Waals surface area contributed by atoms with Crippen LogP contribution in [0.2, 0.25) is 0 Å². The second-order valence-electron chi connectivity index (χ2n) is 3.40. The van der Waals surface area contributed by atoms with E-state index in [-0.39, 0.29) is 11.3 Å². The third-order valence-corrected chi connectivity index (χ3v) is 3.16. The van der Waals surface area contributed by atoms with Gasteiger partial charge in [0.25, 0.3) is 5.91 Å². The molecule has 0 atom stereocenters. The maximum absolute atomic E-state index is 11.1. The number of aryl methyl sites for hydroxylation is 1. The molecule has 0 aliphatic rings. The van der Waals surface area contributed by atoms with Crippen LogP contribution in [0.4, 0.5) is 5.69 Å². The third-order valence-electron chi connectivity index (χ3n) is 2.15. The number of imidazole rings is 1. The number of amides is 1. The van der Waals surface area contributed by atoms with Crippen LogP contribution in [0, 0.1) is 0 Å². The molecule has 2 rings (SSSR count). The summed E-state index contributed by atoms with van der Waals surface area (Å²) < 4.78 is 1.85. The lowest BCUT2D eigenvalue weighted by molar-refractivity contribution is 0.100. The molecule has 1 amide bonds. The second kappa shape index (κ2) is 4.46. The van der Waals surface area contributed by atoms with E-state index in [0.29, 0.717) is 5.03 Å². The van der Waals surface area contributed by atoms with Crippen LogP contribution in [-0.2, 0) is 7.05 Å². The van der Waals surface area contributed by atoms with Gasteiger partial charge in [-0.05, 0) is 17.8 Å². The standard InChI is InChI=1S/C10H11N5OS/c1-15-3-2-13-10(15)17-8-4-6(9(12)16)7(11)5-14-8/h2-5H,11H2,1H3,(H2,12,16). The first-order chi connectivity index (χ1) is 8.08. The Bertz CT molecular complexity index is 566. The van der Waals surface area contributed by atoms with Gasteiger partial charge in [-0.2, -0.15) is 0 Å². The predicted molar refractivity (Wildman–Crippen MR) is 64.5 cm³/mol. The molecule has 0 saturated carbocycles. The Kier molecular flexibility index (Phi) is 3.01. The van der Waals surface area contributed by atoms with E-state index in [2.05, 4.69) is 9.97 Å². The van der Waals surface area contributed by atoms with Crippen LogP contribution in [0.3, 0.4) is 0 Å². The summed E-state index contributed by atoms with van der Waals surface area (Å²) in [7, 11) is 1.88. The lowest BCUT2D eigenvalue weighted by Gasteiger charge is -2.04. The minimum Gasteiger partial charge on any atom is -0.397 e. The van der Waals surface area contributed by atoms with Crippen molar-refractivity contribution in [3.63, 3.8) is 0 Å². The van der Waals surface area contributed by atoms with Crippen LogP contribution >= 0.6 is 11.8 Å². The second-order valence-corrected chi connectivity index (χ2v) is 4.38. The highest BCUT2D eigenvalue weighted by atomic mass is 32.2. The predicted octanol–water partition coefficient (Wildman–Crippen LogP) is 0.647. The van der Waals surface area contributed by atoms with E-state index in [9.17, 15) is 4.79 Å². The Balaban J connectivity index is 2.32. The fourth-order valence-electron chi connectivity index (χ4n) is 1.26. The van der Waals surface area contributed by atoms with Crippen molar-refractivity contribution in [2.75, 3.05) is 5.73 Å². The van der Waals surface area contributed by atoms with Gasteiger partial charge < -0.3 is 16.0 Å². The van der Waals surface area contributed by atoms with Gasteiger partial charge in [-0.1, -0.05) is 0 Å². The zero-order valence-electron chi connectivity index (χ0n) is 9.12. The average molecular weight is 249 g/mol. The molecule has 0 aromatic carbocycles. The number of primary amides is 1. The van der Waals surface area contributed by atoms with Crippen LogP contribution in [0.5, 0.6) is 0 Å². The quantitative estimate of drug-likeness (QED) is 0.831. The van der Waals surface area contributed by atoms with Crippen molar-refractivity contribution >= 4 is 23.4 Å². The van der Waals surface area contributed by atoms with Crippen molar-refractivity contribution in [1.82, 2.24) is 14.5 Å². The zero-order valence-corrected chi connectivity index (χ0v) is 9.94. The number of nitrogen functional groups attached to an aromatic ring is 1.